The minimum Gasteiger partial charge on any atom is -0.496 e. The van der Waals surface area contributed by atoms with Gasteiger partial charge in [0.1, 0.15) is 5.75 Å². The van der Waals surface area contributed by atoms with Gasteiger partial charge in [0.25, 0.3) is 5.91 Å². The van der Waals surface area contributed by atoms with Crippen LogP contribution in [0.15, 0.2) is 42.5 Å². The van der Waals surface area contributed by atoms with Gasteiger partial charge in [0.2, 0.25) is 0 Å². The van der Waals surface area contributed by atoms with Gasteiger partial charge in [0, 0.05) is 5.56 Å². The summed E-state index contributed by atoms with van der Waals surface area (Å²) in [7, 11) is 1.67. The van der Waals surface area contributed by atoms with Crippen molar-refractivity contribution in [3.8, 4) is 5.75 Å². The average molecular weight is 297 g/mol. The molecule has 0 aliphatic rings. The molecule has 0 unspecified atom stereocenters. The molecule has 0 saturated heterocycles. The van der Waals surface area contributed by atoms with Gasteiger partial charge in [-0.2, -0.15) is 0 Å². The molecule has 0 aliphatic heterocycles. The van der Waals surface area contributed by atoms with Crippen molar-refractivity contribution in [2.24, 2.45) is 0 Å². The van der Waals surface area contributed by atoms with Crippen LogP contribution in [0.1, 0.15) is 46.4 Å². The molecule has 2 aromatic carbocycles. The van der Waals surface area contributed by atoms with Crippen molar-refractivity contribution in [3.63, 3.8) is 0 Å². The van der Waals surface area contributed by atoms with Gasteiger partial charge in [0.15, 0.2) is 0 Å². The van der Waals surface area contributed by atoms with Crippen molar-refractivity contribution < 1.29 is 9.53 Å². The molecule has 0 bridgehead atoms. The molecule has 2 rings (SSSR count). The summed E-state index contributed by atoms with van der Waals surface area (Å²) < 4.78 is 5.29. The number of methoxy groups -OCH3 is 1. The van der Waals surface area contributed by atoms with Crippen molar-refractivity contribution in [2.45, 2.75) is 33.2 Å². The van der Waals surface area contributed by atoms with E-state index in [-0.39, 0.29) is 11.9 Å². The first-order valence-electron chi connectivity index (χ1n) is 7.57. The summed E-state index contributed by atoms with van der Waals surface area (Å²) in [5, 5.41) is 3.11. The lowest BCUT2D eigenvalue weighted by atomic mass is 10.0. The third-order valence-corrected chi connectivity index (χ3v) is 3.82. The molecule has 0 aromatic heterocycles. The number of carbonyl (C=O) groups is 1. The van der Waals surface area contributed by atoms with E-state index in [1.54, 1.807) is 7.11 Å². The van der Waals surface area contributed by atoms with Crippen molar-refractivity contribution >= 4 is 5.91 Å². The van der Waals surface area contributed by atoms with E-state index in [0.29, 0.717) is 5.56 Å². The highest BCUT2D eigenvalue weighted by atomic mass is 16.5. The highest BCUT2D eigenvalue weighted by Gasteiger charge is 2.15. The Labute approximate surface area is 132 Å². The molecule has 1 amide bonds. The molecule has 0 spiro atoms. The molecular weight excluding hydrogens is 274 g/mol. The van der Waals surface area contributed by atoms with Gasteiger partial charge in [-0.25, -0.2) is 0 Å². The number of carbonyl (C=O) groups excluding carboxylic acids is 1. The maximum atomic E-state index is 12.4. The van der Waals surface area contributed by atoms with Crippen LogP contribution in [0.3, 0.4) is 0 Å². The molecule has 3 nitrogen and oxygen atoms in total. The minimum atomic E-state index is -0.0379. The molecule has 116 valence electrons. The molecule has 2 aromatic rings. The second kappa shape index (κ2) is 7.12. The third-order valence-electron chi connectivity index (χ3n) is 3.82. The number of hydrogen-bond donors (Lipinski definition) is 1. The second-order valence-electron chi connectivity index (χ2n) is 5.53. The van der Waals surface area contributed by atoms with E-state index >= 15 is 0 Å². The number of benzene rings is 2. The normalized spacial score (nSPS) is 11.8. The topological polar surface area (TPSA) is 38.3 Å². The van der Waals surface area contributed by atoms with Gasteiger partial charge >= 0.3 is 0 Å². The largest absolute Gasteiger partial charge is 0.496 e. The number of amides is 1. The minimum absolute atomic E-state index is 0.00221. The number of hydrogen-bond acceptors (Lipinski definition) is 2. The van der Waals surface area contributed by atoms with Gasteiger partial charge in [-0.1, -0.05) is 36.8 Å². The van der Waals surface area contributed by atoms with Gasteiger partial charge < -0.3 is 10.1 Å². The summed E-state index contributed by atoms with van der Waals surface area (Å²) in [6.07, 6.45) is 0.837. The molecule has 0 aliphatic carbocycles. The van der Waals surface area contributed by atoms with Crippen LogP contribution in [-0.4, -0.2) is 13.0 Å². The van der Waals surface area contributed by atoms with Crippen LogP contribution < -0.4 is 10.1 Å². The smallest absolute Gasteiger partial charge is 0.251 e. The van der Waals surface area contributed by atoms with E-state index in [1.165, 1.54) is 0 Å². The van der Waals surface area contributed by atoms with E-state index in [2.05, 4.69) is 18.3 Å². The van der Waals surface area contributed by atoms with Crippen molar-refractivity contribution in [1.82, 2.24) is 5.32 Å². The average Bonchev–Trinajstić information content (AvgIpc) is 2.52. The molecule has 1 N–H and O–H groups in total. The van der Waals surface area contributed by atoms with E-state index < -0.39 is 0 Å². The number of nitrogens with one attached hydrogen (secondary N) is 1. The number of ether oxygens (including phenoxy) is 1. The molecule has 1 atom stereocenters. The zero-order valence-corrected chi connectivity index (χ0v) is 13.6. The lowest BCUT2D eigenvalue weighted by molar-refractivity contribution is 0.0935. The van der Waals surface area contributed by atoms with Crippen LogP contribution >= 0.6 is 0 Å². The first-order chi connectivity index (χ1) is 10.5. The van der Waals surface area contributed by atoms with Crippen LogP contribution in [0.25, 0.3) is 0 Å². The van der Waals surface area contributed by atoms with Gasteiger partial charge in [-0.05, 0) is 49.6 Å². The van der Waals surface area contributed by atoms with Crippen LogP contribution in [0.5, 0.6) is 5.75 Å². The molecule has 3 heteroatoms. The SMILES string of the molecule is CC[C@H](NC(=O)c1cccc(C)c1)c1ccc(OC)c(C)c1. The van der Waals surface area contributed by atoms with Gasteiger partial charge in [-0.3, -0.25) is 4.79 Å². The van der Waals surface area contributed by atoms with Crippen LogP contribution in [0.4, 0.5) is 0 Å². The van der Waals surface area contributed by atoms with Crippen molar-refractivity contribution in [3.05, 3.63) is 64.7 Å². The maximum absolute atomic E-state index is 12.4. The Morgan fingerprint density at radius 2 is 1.95 bits per heavy atom. The summed E-state index contributed by atoms with van der Waals surface area (Å²) in [6, 6.07) is 13.7. The van der Waals surface area contributed by atoms with E-state index in [1.807, 2.05) is 50.2 Å². The maximum Gasteiger partial charge on any atom is 0.251 e. The van der Waals surface area contributed by atoms with Gasteiger partial charge in [-0.15, -0.1) is 0 Å². The lowest BCUT2D eigenvalue weighted by Gasteiger charge is -2.19. The quantitative estimate of drug-likeness (QED) is 0.898. The number of rotatable bonds is 5. The fourth-order valence-electron chi connectivity index (χ4n) is 2.57. The summed E-state index contributed by atoms with van der Waals surface area (Å²) >= 11 is 0. The number of aryl methyl sites for hydroxylation is 2. The Balaban J connectivity index is 2.18. The highest BCUT2D eigenvalue weighted by Crippen LogP contribution is 2.24. The van der Waals surface area contributed by atoms with E-state index in [4.69, 9.17) is 4.74 Å². The molecule has 0 saturated carbocycles. The van der Waals surface area contributed by atoms with Crippen molar-refractivity contribution in [1.29, 1.82) is 0 Å². The zero-order chi connectivity index (χ0) is 16.1. The Hall–Kier alpha value is -2.29. The van der Waals surface area contributed by atoms with E-state index in [0.717, 1.165) is 28.9 Å². The summed E-state index contributed by atoms with van der Waals surface area (Å²) in [6.45, 7) is 6.07. The Kier molecular flexibility index (Phi) is 5.21. The monoisotopic (exact) mass is 297 g/mol. The highest BCUT2D eigenvalue weighted by molar-refractivity contribution is 5.94. The molecular formula is C19H23NO2. The second-order valence-corrected chi connectivity index (χ2v) is 5.53. The molecule has 0 radical (unpaired) electrons. The molecule has 22 heavy (non-hydrogen) atoms. The van der Waals surface area contributed by atoms with Crippen molar-refractivity contribution in [2.75, 3.05) is 7.11 Å². The lowest BCUT2D eigenvalue weighted by Crippen LogP contribution is -2.28. The Morgan fingerprint density at radius 1 is 1.18 bits per heavy atom. The van der Waals surface area contributed by atoms with E-state index in [9.17, 15) is 4.79 Å². The fraction of sp³-hybridized carbons (Fsp3) is 0.316. The molecule has 0 heterocycles. The summed E-state index contributed by atoms with van der Waals surface area (Å²) in [4.78, 5) is 12.4. The van der Waals surface area contributed by atoms with Crippen LogP contribution in [-0.2, 0) is 0 Å². The zero-order valence-electron chi connectivity index (χ0n) is 13.6. The Morgan fingerprint density at radius 3 is 2.55 bits per heavy atom. The first-order valence-corrected chi connectivity index (χ1v) is 7.57. The summed E-state index contributed by atoms with van der Waals surface area (Å²) in [5.74, 6) is 0.827. The predicted octanol–water partition coefficient (Wildman–Crippen LogP) is 4.19. The summed E-state index contributed by atoms with van der Waals surface area (Å²) in [5.41, 5.74) is 3.95. The predicted molar refractivity (Wildman–Crippen MR) is 89.4 cm³/mol. The third kappa shape index (κ3) is 3.67. The first kappa shape index (κ1) is 16.1. The van der Waals surface area contributed by atoms with Crippen LogP contribution in [0, 0.1) is 13.8 Å². The van der Waals surface area contributed by atoms with Crippen LogP contribution in [0.2, 0.25) is 0 Å². The molecule has 0 fully saturated rings. The fourth-order valence-corrected chi connectivity index (χ4v) is 2.57. The Bertz CT molecular complexity index is 664. The van der Waals surface area contributed by atoms with Gasteiger partial charge in [0.05, 0.1) is 13.2 Å². The standard InChI is InChI=1S/C19H23NO2/c1-5-17(15-9-10-18(22-4)14(3)12-15)20-19(21)16-8-6-7-13(2)11-16/h6-12,17H,5H2,1-4H3,(H,20,21)/t17-/m0/s1.